The number of carbonyl (C=O) groups excluding carboxylic acids is 2. The zero-order chi connectivity index (χ0) is 20.9. The topological polar surface area (TPSA) is 119 Å². The minimum absolute atomic E-state index is 0.0295. The lowest BCUT2D eigenvalue weighted by atomic mass is 9.97. The van der Waals surface area contributed by atoms with Gasteiger partial charge in [-0.1, -0.05) is 0 Å². The highest BCUT2D eigenvalue weighted by atomic mass is 19.4. The lowest BCUT2D eigenvalue weighted by Crippen LogP contribution is -2.46. The van der Waals surface area contributed by atoms with Crippen LogP contribution in [0.2, 0.25) is 0 Å². The Balaban J connectivity index is 2.05. The molecule has 2 rings (SSSR count). The molecule has 1 atom stereocenters. The third-order valence-electron chi connectivity index (χ3n) is 3.83. The minimum Gasteiger partial charge on any atom is -0.493 e. The van der Waals surface area contributed by atoms with Crippen molar-refractivity contribution in [1.82, 2.24) is 9.55 Å². The van der Waals surface area contributed by atoms with Gasteiger partial charge in [0.05, 0.1) is 19.4 Å². The van der Waals surface area contributed by atoms with Crippen LogP contribution in [-0.2, 0) is 22.2 Å². The summed E-state index contributed by atoms with van der Waals surface area (Å²) in [5.74, 6) is -1.87. The summed E-state index contributed by atoms with van der Waals surface area (Å²) in [5.41, 5.74) is 1.76. The molecule has 1 aromatic heterocycles. The summed E-state index contributed by atoms with van der Waals surface area (Å²) in [6.45, 7) is 0.0727. The first-order valence-electron chi connectivity index (χ1n) is 8.11. The summed E-state index contributed by atoms with van der Waals surface area (Å²) in [6, 6.07) is 5.74. The Kier molecular flexibility index (Phi) is 6.29. The van der Waals surface area contributed by atoms with E-state index < -0.39 is 35.8 Å². The van der Waals surface area contributed by atoms with E-state index in [1.165, 1.54) is 37.5 Å². The monoisotopic (exact) mass is 400 g/mol. The molecule has 1 heterocycles. The van der Waals surface area contributed by atoms with Gasteiger partial charge in [-0.3, -0.25) is 9.59 Å². The highest BCUT2D eigenvalue weighted by Gasteiger charge is 2.58. The molecule has 0 aliphatic heterocycles. The van der Waals surface area contributed by atoms with Gasteiger partial charge in [0.1, 0.15) is 5.75 Å². The number of benzene rings is 1. The van der Waals surface area contributed by atoms with E-state index in [1.807, 2.05) is 0 Å². The molecule has 0 radical (unpaired) electrons. The first-order valence-corrected chi connectivity index (χ1v) is 8.11. The summed E-state index contributed by atoms with van der Waals surface area (Å²) in [7, 11) is 1.29. The average molecular weight is 400 g/mol. The molecule has 0 aliphatic rings. The van der Waals surface area contributed by atoms with Crippen LogP contribution in [0.25, 0.3) is 0 Å². The molecule has 0 saturated heterocycles. The summed E-state index contributed by atoms with van der Waals surface area (Å²) in [4.78, 5) is 26.3. The number of primary amides is 1. The van der Waals surface area contributed by atoms with E-state index in [0.29, 0.717) is 5.75 Å². The number of carbonyl (C=O) groups is 2. The molecule has 28 heavy (non-hydrogen) atoms. The maximum Gasteiger partial charge on any atom is 0.425 e. The number of aromatic nitrogens is 2. The molecular formula is C17H19F3N4O4. The van der Waals surface area contributed by atoms with Crippen molar-refractivity contribution in [2.75, 3.05) is 11.9 Å². The summed E-state index contributed by atoms with van der Waals surface area (Å²) < 4.78 is 46.6. The zero-order valence-electron chi connectivity index (χ0n) is 14.9. The van der Waals surface area contributed by atoms with Crippen molar-refractivity contribution in [3.05, 3.63) is 42.5 Å². The Bertz CT molecular complexity index is 836. The van der Waals surface area contributed by atoms with Crippen molar-refractivity contribution in [3.8, 4) is 5.75 Å². The lowest BCUT2D eigenvalue weighted by Gasteiger charge is -2.29. The Labute approximate surface area is 158 Å². The molecule has 0 spiro atoms. The molecule has 2 aromatic rings. The first kappa shape index (κ1) is 21.2. The standard InChI is InChI=1S/C17H19F3N4O4/c1-24-8-7-22-15(24)16(27,17(18,19)20)10-14(26)23-11-2-4-12(5-3-11)28-9-6-13(21)25/h2-5,7-8,27H,6,9-10H2,1H3,(H2,21,25)(H,23,26). The van der Waals surface area contributed by atoms with Gasteiger partial charge >= 0.3 is 6.18 Å². The Morgan fingerprint density at radius 1 is 1.29 bits per heavy atom. The van der Waals surface area contributed by atoms with Crippen LogP contribution in [0.1, 0.15) is 18.7 Å². The number of imidazole rings is 1. The maximum absolute atomic E-state index is 13.4. The Morgan fingerprint density at radius 3 is 2.43 bits per heavy atom. The van der Waals surface area contributed by atoms with Crippen molar-refractivity contribution in [2.45, 2.75) is 24.6 Å². The van der Waals surface area contributed by atoms with Crippen molar-refractivity contribution in [3.63, 3.8) is 0 Å². The van der Waals surface area contributed by atoms with Gasteiger partial charge in [0.2, 0.25) is 17.4 Å². The summed E-state index contributed by atoms with van der Waals surface area (Å²) >= 11 is 0. The number of halogens is 3. The molecule has 0 saturated carbocycles. The molecule has 1 unspecified atom stereocenters. The van der Waals surface area contributed by atoms with Gasteiger partial charge in [0.15, 0.2) is 5.82 Å². The number of hydrogen-bond donors (Lipinski definition) is 3. The molecule has 0 bridgehead atoms. The van der Waals surface area contributed by atoms with Crippen LogP contribution < -0.4 is 15.8 Å². The zero-order valence-corrected chi connectivity index (χ0v) is 14.9. The molecule has 8 nitrogen and oxygen atoms in total. The normalized spacial score (nSPS) is 13.6. The van der Waals surface area contributed by atoms with Gasteiger partial charge in [-0.15, -0.1) is 0 Å². The van der Waals surface area contributed by atoms with E-state index in [9.17, 15) is 27.9 Å². The fraction of sp³-hybridized carbons (Fsp3) is 0.353. The van der Waals surface area contributed by atoms with Gasteiger partial charge < -0.3 is 25.5 Å². The van der Waals surface area contributed by atoms with Crippen LogP contribution in [0, 0.1) is 0 Å². The van der Waals surface area contributed by atoms with E-state index in [4.69, 9.17) is 10.5 Å². The third-order valence-corrected chi connectivity index (χ3v) is 3.83. The van der Waals surface area contributed by atoms with Crippen LogP contribution in [0.4, 0.5) is 18.9 Å². The van der Waals surface area contributed by atoms with E-state index in [0.717, 1.165) is 10.8 Å². The van der Waals surface area contributed by atoms with E-state index in [2.05, 4.69) is 10.3 Å². The van der Waals surface area contributed by atoms with E-state index >= 15 is 0 Å². The molecular weight excluding hydrogens is 381 g/mol. The van der Waals surface area contributed by atoms with Crippen LogP contribution in [0.5, 0.6) is 5.75 Å². The molecule has 11 heteroatoms. The number of rotatable bonds is 8. The molecule has 4 N–H and O–H groups in total. The predicted molar refractivity (Wildman–Crippen MR) is 92.2 cm³/mol. The van der Waals surface area contributed by atoms with Crippen LogP contribution in [0.15, 0.2) is 36.7 Å². The largest absolute Gasteiger partial charge is 0.493 e. The minimum atomic E-state index is -5.11. The lowest BCUT2D eigenvalue weighted by molar-refractivity contribution is -0.270. The van der Waals surface area contributed by atoms with Crippen LogP contribution in [-0.4, -0.2) is 39.3 Å². The number of aliphatic hydroxyl groups is 1. The number of amides is 2. The molecule has 0 aliphatic carbocycles. The van der Waals surface area contributed by atoms with Crippen LogP contribution >= 0.6 is 0 Å². The van der Waals surface area contributed by atoms with Crippen LogP contribution in [0.3, 0.4) is 0 Å². The highest BCUT2D eigenvalue weighted by Crippen LogP contribution is 2.40. The quantitative estimate of drug-likeness (QED) is 0.620. The predicted octanol–water partition coefficient (Wildman–Crippen LogP) is 1.45. The summed E-state index contributed by atoms with van der Waals surface area (Å²) in [6.07, 6.45) is -4.01. The van der Waals surface area contributed by atoms with Gasteiger partial charge in [0.25, 0.3) is 0 Å². The third kappa shape index (κ3) is 5.00. The second-order valence-electron chi connectivity index (χ2n) is 6.03. The number of alkyl halides is 3. The number of anilines is 1. The van der Waals surface area contributed by atoms with Crippen molar-refractivity contribution in [2.24, 2.45) is 12.8 Å². The molecule has 152 valence electrons. The Morgan fingerprint density at radius 2 is 1.93 bits per heavy atom. The first-order chi connectivity index (χ1) is 13.0. The smallest absolute Gasteiger partial charge is 0.425 e. The fourth-order valence-corrected chi connectivity index (χ4v) is 2.41. The van der Waals surface area contributed by atoms with Gasteiger partial charge in [-0.05, 0) is 24.3 Å². The fourth-order valence-electron chi connectivity index (χ4n) is 2.41. The Hall–Kier alpha value is -3.08. The second-order valence-corrected chi connectivity index (χ2v) is 6.03. The SMILES string of the molecule is Cn1ccnc1C(O)(CC(=O)Nc1ccc(OCCC(N)=O)cc1)C(F)(F)F. The van der Waals surface area contributed by atoms with E-state index in [-0.39, 0.29) is 18.7 Å². The number of hydrogen-bond acceptors (Lipinski definition) is 5. The van der Waals surface area contributed by atoms with Gasteiger partial charge in [-0.25, -0.2) is 4.98 Å². The van der Waals surface area contributed by atoms with Gasteiger partial charge in [-0.2, -0.15) is 13.2 Å². The maximum atomic E-state index is 13.4. The van der Waals surface area contributed by atoms with Crippen molar-refractivity contribution < 1.29 is 32.6 Å². The molecule has 1 aromatic carbocycles. The van der Waals surface area contributed by atoms with Crippen molar-refractivity contribution in [1.29, 1.82) is 0 Å². The number of nitrogens with zero attached hydrogens (tertiary/aromatic N) is 2. The van der Waals surface area contributed by atoms with E-state index in [1.54, 1.807) is 0 Å². The highest BCUT2D eigenvalue weighted by molar-refractivity contribution is 5.91. The van der Waals surface area contributed by atoms with Crippen molar-refractivity contribution >= 4 is 17.5 Å². The number of nitrogens with two attached hydrogens (primary N) is 1. The summed E-state index contributed by atoms with van der Waals surface area (Å²) in [5, 5.41) is 12.5. The van der Waals surface area contributed by atoms with Gasteiger partial charge in [0, 0.05) is 25.1 Å². The molecule has 2 amide bonds. The molecule has 0 fully saturated rings. The second kappa shape index (κ2) is 8.30. The number of ether oxygens (including phenoxy) is 1. The number of nitrogens with one attached hydrogen (secondary N) is 1. The average Bonchev–Trinajstić information content (AvgIpc) is 3.01. The number of aryl methyl sites for hydroxylation is 1.